The first-order valence-corrected chi connectivity index (χ1v) is 11.1. The van der Waals surface area contributed by atoms with Gasteiger partial charge in [-0.05, 0) is 62.2 Å². The van der Waals surface area contributed by atoms with Crippen molar-refractivity contribution in [3.05, 3.63) is 93.5 Å². The molecule has 5 nitrogen and oxygen atoms in total. The number of fused-ring (bicyclic) bond motifs is 1. The van der Waals surface area contributed by atoms with Gasteiger partial charge in [0.2, 0.25) is 5.91 Å². The van der Waals surface area contributed by atoms with E-state index in [0.717, 1.165) is 28.6 Å². The molecular weight excluding hydrogens is 425 g/mol. The lowest BCUT2D eigenvalue weighted by Crippen LogP contribution is -2.23. The van der Waals surface area contributed by atoms with E-state index in [4.69, 9.17) is 0 Å². The molecule has 0 aliphatic heterocycles. The van der Waals surface area contributed by atoms with Crippen molar-refractivity contribution < 1.29 is 9.18 Å². The van der Waals surface area contributed by atoms with Crippen LogP contribution in [0.4, 0.5) is 10.1 Å². The predicted octanol–water partition coefficient (Wildman–Crippen LogP) is 5.18. The van der Waals surface area contributed by atoms with Crippen molar-refractivity contribution in [2.75, 3.05) is 11.1 Å². The van der Waals surface area contributed by atoms with Crippen molar-refractivity contribution >= 4 is 34.3 Å². The van der Waals surface area contributed by atoms with Crippen LogP contribution in [0.3, 0.4) is 0 Å². The smallest absolute Gasteiger partial charge is 0.266 e. The number of para-hydroxylation sites is 1. The van der Waals surface area contributed by atoms with E-state index in [9.17, 15) is 14.0 Å². The number of hydrogen-bond donors (Lipinski definition) is 1. The zero-order chi connectivity index (χ0) is 22.8. The first-order valence-electron chi connectivity index (χ1n) is 10.1. The number of anilines is 1. The van der Waals surface area contributed by atoms with Crippen molar-refractivity contribution in [3.63, 3.8) is 0 Å². The molecule has 0 atom stereocenters. The largest absolute Gasteiger partial charge is 0.325 e. The van der Waals surface area contributed by atoms with E-state index in [1.54, 1.807) is 43.3 Å². The van der Waals surface area contributed by atoms with Gasteiger partial charge < -0.3 is 5.32 Å². The van der Waals surface area contributed by atoms with Gasteiger partial charge in [-0.3, -0.25) is 14.2 Å². The number of aryl methyl sites for hydroxylation is 3. The number of rotatable bonds is 5. The number of hydrogen-bond acceptors (Lipinski definition) is 4. The molecular formula is C25H22FN3O2S. The minimum atomic E-state index is -0.411. The third-order valence-corrected chi connectivity index (χ3v) is 6.09. The van der Waals surface area contributed by atoms with Crippen molar-refractivity contribution in [1.29, 1.82) is 0 Å². The molecule has 1 N–H and O–H groups in total. The summed E-state index contributed by atoms with van der Waals surface area (Å²) in [5.41, 5.74) is 3.90. The Labute approximate surface area is 189 Å². The molecule has 32 heavy (non-hydrogen) atoms. The summed E-state index contributed by atoms with van der Waals surface area (Å²) < 4.78 is 15.6. The number of amides is 1. The van der Waals surface area contributed by atoms with E-state index in [2.05, 4.69) is 10.3 Å². The Morgan fingerprint density at radius 3 is 2.56 bits per heavy atom. The maximum atomic E-state index is 14.3. The maximum Gasteiger partial charge on any atom is 0.266 e. The number of nitrogens with zero attached hydrogens (tertiary/aromatic N) is 2. The highest BCUT2D eigenvalue weighted by atomic mass is 32.2. The Morgan fingerprint density at radius 2 is 1.81 bits per heavy atom. The fraction of sp³-hybridized carbons (Fsp3) is 0.160. The Hall–Kier alpha value is -3.45. The maximum absolute atomic E-state index is 14.3. The van der Waals surface area contributed by atoms with Gasteiger partial charge >= 0.3 is 0 Å². The Morgan fingerprint density at radius 1 is 1.03 bits per heavy atom. The van der Waals surface area contributed by atoms with Gasteiger partial charge in [0.15, 0.2) is 5.16 Å². The molecule has 3 aromatic carbocycles. The average Bonchev–Trinajstić information content (AvgIpc) is 2.76. The first-order chi connectivity index (χ1) is 15.3. The monoisotopic (exact) mass is 447 g/mol. The van der Waals surface area contributed by atoms with Crippen LogP contribution in [-0.4, -0.2) is 21.2 Å². The zero-order valence-electron chi connectivity index (χ0n) is 18.0. The number of carbonyl (C=O) groups excluding carboxylic acids is 1. The van der Waals surface area contributed by atoms with Crippen molar-refractivity contribution in [2.24, 2.45) is 0 Å². The van der Waals surface area contributed by atoms with Crippen LogP contribution in [0, 0.1) is 26.6 Å². The summed E-state index contributed by atoms with van der Waals surface area (Å²) in [5.74, 6) is -0.580. The number of aromatic nitrogens is 2. The minimum Gasteiger partial charge on any atom is -0.325 e. The van der Waals surface area contributed by atoms with Gasteiger partial charge in [0, 0.05) is 5.69 Å². The molecule has 0 radical (unpaired) electrons. The van der Waals surface area contributed by atoms with Crippen LogP contribution in [-0.2, 0) is 4.79 Å². The summed E-state index contributed by atoms with van der Waals surface area (Å²) in [4.78, 5) is 30.5. The van der Waals surface area contributed by atoms with Crippen LogP contribution in [0.2, 0.25) is 0 Å². The summed E-state index contributed by atoms with van der Waals surface area (Å²) >= 11 is 1.13. The average molecular weight is 448 g/mol. The third kappa shape index (κ3) is 4.43. The van der Waals surface area contributed by atoms with Gasteiger partial charge in [0.25, 0.3) is 5.56 Å². The second-order valence-corrected chi connectivity index (χ2v) is 8.58. The zero-order valence-corrected chi connectivity index (χ0v) is 18.8. The molecule has 0 aliphatic carbocycles. The standard InChI is InChI=1S/C25H22FN3O2S/c1-15-8-11-21(17(3)12-15)27-23(30)14-32-25-28-22-7-5-4-6-19(22)24(31)29(25)18-10-9-16(2)20(26)13-18/h4-13H,14H2,1-3H3,(H,27,30). The van der Waals surface area contributed by atoms with Crippen molar-refractivity contribution in [3.8, 4) is 5.69 Å². The molecule has 4 rings (SSSR count). The summed E-state index contributed by atoms with van der Waals surface area (Å²) in [6, 6.07) is 17.4. The van der Waals surface area contributed by atoms with Crippen LogP contribution in [0.25, 0.3) is 16.6 Å². The normalized spacial score (nSPS) is 11.0. The van der Waals surface area contributed by atoms with E-state index in [-0.39, 0.29) is 17.2 Å². The Kier molecular flexibility index (Phi) is 6.10. The highest BCUT2D eigenvalue weighted by Crippen LogP contribution is 2.23. The van der Waals surface area contributed by atoms with Crippen LogP contribution in [0.15, 0.2) is 70.6 Å². The molecule has 7 heteroatoms. The summed E-state index contributed by atoms with van der Waals surface area (Å²) in [6.07, 6.45) is 0. The van der Waals surface area contributed by atoms with Gasteiger partial charge in [0.1, 0.15) is 5.82 Å². The summed E-state index contributed by atoms with van der Waals surface area (Å²) in [6.45, 7) is 5.59. The molecule has 4 aromatic rings. The summed E-state index contributed by atoms with van der Waals surface area (Å²) in [7, 11) is 0. The first kappa shape index (κ1) is 21.8. The molecule has 0 aliphatic rings. The van der Waals surface area contributed by atoms with Crippen molar-refractivity contribution in [1.82, 2.24) is 9.55 Å². The Bertz CT molecular complexity index is 1400. The van der Waals surface area contributed by atoms with Gasteiger partial charge in [-0.2, -0.15) is 0 Å². The van der Waals surface area contributed by atoms with E-state index < -0.39 is 5.82 Å². The van der Waals surface area contributed by atoms with Gasteiger partial charge in [-0.15, -0.1) is 0 Å². The molecule has 0 bridgehead atoms. The van der Waals surface area contributed by atoms with E-state index in [1.807, 2.05) is 32.0 Å². The van der Waals surface area contributed by atoms with E-state index in [1.165, 1.54) is 10.6 Å². The quantitative estimate of drug-likeness (QED) is 0.338. The molecule has 0 unspecified atom stereocenters. The van der Waals surface area contributed by atoms with Gasteiger partial charge in [-0.25, -0.2) is 9.37 Å². The van der Waals surface area contributed by atoms with Gasteiger partial charge in [0.05, 0.1) is 22.3 Å². The second-order valence-electron chi connectivity index (χ2n) is 7.64. The molecule has 0 spiro atoms. The summed E-state index contributed by atoms with van der Waals surface area (Å²) in [5, 5.41) is 3.66. The highest BCUT2D eigenvalue weighted by molar-refractivity contribution is 7.99. The second kappa shape index (κ2) is 8.96. The van der Waals surface area contributed by atoms with E-state index >= 15 is 0 Å². The topological polar surface area (TPSA) is 64.0 Å². The Balaban J connectivity index is 1.68. The lowest BCUT2D eigenvalue weighted by atomic mass is 10.1. The molecule has 1 heterocycles. The lowest BCUT2D eigenvalue weighted by Gasteiger charge is -2.14. The molecule has 0 saturated carbocycles. The SMILES string of the molecule is Cc1ccc(NC(=O)CSc2nc3ccccc3c(=O)n2-c2ccc(C)c(F)c2)c(C)c1. The van der Waals surface area contributed by atoms with E-state index in [0.29, 0.717) is 27.3 Å². The molecule has 0 fully saturated rings. The number of thioether (sulfide) groups is 1. The molecule has 1 aromatic heterocycles. The van der Waals surface area contributed by atoms with Crippen LogP contribution >= 0.6 is 11.8 Å². The third-order valence-electron chi connectivity index (χ3n) is 5.15. The number of benzene rings is 3. The van der Waals surface area contributed by atoms with Crippen LogP contribution in [0.5, 0.6) is 0 Å². The number of carbonyl (C=O) groups is 1. The lowest BCUT2D eigenvalue weighted by molar-refractivity contribution is -0.113. The highest BCUT2D eigenvalue weighted by Gasteiger charge is 2.16. The van der Waals surface area contributed by atoms with Crippen LogP contribution in [0.1, 0.15) is 16.7 Å². The molecule has 162 valence electrons. The number of halogens is 1. The van der Waals surface area contributed by atoms with Gasteiger partial charge in [-0.1, -0.05) is 47.7 Å². The minimum absolute atomic E-state index is 0.0481. The number of nitrogens with one attached hydrogen (secondary N) is 1. The fourth-order valence-electron chi connectivity index (χ4n) is 3.43. The predicted molar refractivity (Wildman–Crippen MR) is 127 cm³/mol. The molecule has 0 saturated heterocycles. The van der Waals surface area contributed by atoms with Crippen molar-refractivity contribution in [2.45, 2.75) is 25.9 Å². The fourth-order valence-corrected chi connectivity index (χ4v) is 4.24. The van der Waals surface area contributed by atoms with Crippen LogP contribution < -0.4 is 10.9 Å². The molecule has 1 amide bonds.